The molecule has 3 aromatic rings. The number of hydrogen-bond acceptors (Lipinski definition) is 3. The highest BCUT2D eigenvalue weighted by atomic mass is 15.0. The lowest BCUT2D eigenvalue weighted by molar-refractivity contribution is 1.05. The largest absolute Gasteiger partial charge is 0.339 e. The molecule has 0 fully saturated rings. The molecule has 17 heavy (non-hydrogen) atoms. The highest BCUT2D eigenvalue weighted by Gasteiger charge is 2.07. The first-order valence-electron chi connectivity index (χ1n) is 5.53. The van der Waals surface area contributed by atoms with E-state index >= 15 is 0 Å². The maximum Gasteiger partial charge on any atom is 0.181 e. The molecule has 0 spiro atoms. The van der Waals surface area contributed by atoms with Gasteiger partial charge in [0.25, 0.3) is 0 Å². The number of H-pyrrole nitrogens is 1. The molecule has 2 heterocycles. The first kappa shape index (κ1) is 9.96. The molecule has 4 nitrogen and oxygen atoms in total. The first-order chi connectivity index (χ1) is 8.33. The smallest absolute Gasteiger partial charge is 0.181 e. The van der Waals surface area contributed by atoms with E-state index in [1.165, 1.54) is 5.56 Å². The summed E-state index contributed by atoms with van der Waals surface area (Å²) in [5.41, 5.74) is 3.90. The summed E-state index contributed by atoms with van der Waals surface area (Å²) in [5, 5.41) is 0. The van der Waals surface area contributed by atoms with Gasteiger partial charge in [-0.1, -0.05) is 30.3 Å². The second kappa shape index (κ2) is 3.97. The van der Waals surface area contributed by atoms with Crippen molar-refractivity contribution in [1.29, 1.82) is 0 Å². The van der Waals surface area contributed by atoms with Crippen LogP contribution < -0.4 is 0 Å². The van der Waals surface area contributed by atoms with Gasteiger partial charge in [-0.2, -0.15) is 0 Å². The third kappa shape index (κ3) is 1.89. The van der Waals surface area contributed by atoms with Crippen LogP contribution in [0.25, 0.3) is 11.2 Å². The standard InChI is InChI=1S/C13H12N4/c1-9-16-12-11(14-8-15-13(12)17-9)7-10-5-3-2-4-6-10/h2-6,8H,7H2,1H3,(H,14,15,16,17). The third-order valence-electron chi connectivity index (χ3n) is 2.70. The van der Waals surface area contributed by atoms with Gasteiger partial charge in [-0.05, 0) is 12.5 Å². The Morgan fingerprint density at radius 2 is 1.94 bits per heavy atom. The summed E-state index contributed by atoms with van der Waals surface area (Å²) in [5.74, 6) is 0.870. The molecule has 2 aromatic heterocycles. The number of nitrogens with one attached hydrogen (secondary N) is 1. The van der Waals surface area contributed by atoms with Crippen molar-refractivity contribution < 1.29 is 0 Å². The molecule has 0 atom stereocenters. The molecule has 1 aromatic carbocycles. The first-order valence-corrected chi connectivity index (χ1v) is 5.53. The van der Waals surface area contributed by atoms with Crippen LogP contribution >= 0.6 is 0 Å². The third-order valence-corrected chi connectivity index (χ3v) is 2.70. The Kier molecular flexibility index (Phi) is 2.33. The average Bonchev–Trinajstić information content (AvgIpc) is 2.72. The Bertz CT molecular complexity index is 643. The van der Waals surface area contributed by atoms with Gasteiger partial charge in [0.1, 0.15) is 17.7 Å². The van der Waals surface area contributed by atoms with Crippen molar-refractivity contribution in [2.75, 3.05) is 0 Å². The van der Waals surface area contributed by atoms with E-state index in [1.807, 2.05) is 25.1 Å². The lowest BCUT2D eigenvalue weighted by atomic mass is 10.1. The van der Waals surface area contributed by atoms with Crippen LogP contribution in [-0.2, 0) is 6.42 Å². The molecule has 3 rings (SSSR count). The maximum absolute atomic E-state index is 4.33. The van der Waals surface area contributed by atoms with E-state index in [2.05, 4.69) is 32.1 Å². The van der Waals surface area contributed by atoms with Gasteiger partial charge in [-0.15, -0.1) is 0 Å². The Hall–Kier alpha value is -2.23. The Balaban J connectivity index is 2.06. The zero-order valence-electron chi connectivity index (χ0n) is 9.51. The van der Waals surface area contributed by atoms with E-state index < -0.39 is 0 Å². The molecule has 0 unspecified atom stereocenters. The van der Waals surface area contributed by atoms with Gasteiger partial charge in [0, 0.05) is 6.42 Å². The zero-order valence-corrected chi connectivity index (χ0v) is 9.51. The fourth-order valence-corrected chi connectivity index (χ4v) is 1.92. The van der Waals surface area contributed by atoms with Crippen LogP contribution in [0.4, 0.5) is 0 Å². The van der Waals surface area contributed by atoms with Gasteiger partial charge in [-0.3, -0.25) is 0 Å². The molecule has 0 aliphatic carbocycles. The summed E-state index contributed by atoms with van der Waals surface area (Å²) in [7, 11) is 0. The van der Waals surface area contributed by atoms with E-state index in [0.717, 1.165) is 29.1 Å². The topological polar surface area (TPSA) is 54.5 Å². The van der Waals surface area contributed by atoms with Crippen LogP contribution in [-0.4, -0.2) is 19.9 Å². The summed E-state index contributed by atoms with van der Waals surface area (Å²) in [4.78, 5) is 16.0. The minimum absolute atomic E-state index is 0.739. The van der Waals surface area contributed by atoms with E-state index in [0.29, 0.717) is 0 Å². The van der Waals surface area contributed by atoms with Crippen LogP contribution in [0, 0.1) is 6.92 Å². The molecule has 1 N–H and O–H groups in total. The molecule has 4 heteroatoms. The van der Waals surface area contributed by atoms with Crippen molar-refractivity contribution in [3.63, 3.8) is 0 Å². The van der Waals surface area contributed by atoms with Crippen LogP contribution in [0.3, 0.4) is 0 Å². The normalized spacial score (nSPS) is 10.9. The van der Waals surface area contributed by atoms with Crippen LogP contribution in [0.2, 0.25) is 0 Å². The number of fused-ring (bicyclic) bond motifs is 1. The second-order valence-electron chi connectivity index (χ2n) is 4.00. The fourth-order valence-electron chi connectivity index (χ4n) is 1.92. The lowest BCUT2D eigenvalue weighted by Crippen LogP contribution is -1.94. The van der Waals surface area contributed by atoms with Gasteiger partial charge in [0.2, 0.25) is 0 Å². The monoisotopic (exact) mass is 224 g/mol. The number of hydrogen-bond donors (Lipinski definition) is 1. The SMILES string of the molecule is Cc1nc2ncnc(Cc3ccccc3)c2[nH]1. The summed E-state index contributed by atoms with van der Waals surface area (Å²) >= 11 is 0. The van der Waals surface area contributed by atoms with Crippen molar-refractivity contribution in [3.05, 3.63) is 53.7 Å². The van der Waals surface area contributed by atoms with Crippen LogP contribution in [0.5, 0.6) is 0 Å². The number of nitrogens with zero attached hydrogens (tertiary/aromatic N) is 3. The summed E-state index contributed by atoms with van der Waals surface area (Å²) in [6.45, 7) is 1.92. The fraction of sp³-hybridized carbons (Fsp3) is 0.154. The predicted molar refractivity (Wildman–Crippen MR) is 65.7 cm³/mol. The van der Waals surface area contributed by atoms with Crippen molar-refractivity contribution in [2.45, 2.75) is 13.3 Å². The molecule has 0 aliphatic rings. The molecular formula is C13H12N4. The molecular weight excluding hydrogens is 212 g/mol. The second-order valence-corrected chi connectivity index (χ2v) is 4.00. The summed E-state index contributed by atoms with van der Waals surface area (Å²) < 4.78 is 0. The number of aromatic nitrogens is 4. The van der Waals surface area contributed by atoms with Gasteiger partial charge in [-0.25, -0.2) is 15.0 Å². The number of rotatable bonds is 2. The van der Waals surface area contributed by atoms with Crippen molar-refractivity contribution in [1.82, 2.24) is 19.9 Å². The predicted octanol–water partition coefficient (Wildman–Crippen LogP) is 2.25. The number of aryl methyl sites for hydroxylation is 1. The van der Waals surface area contributed by atoms with Gasteiger partial charge >= 0.3 is 0 Å². The number of benzene rings is 1. The van der Waals surface area contributed by atoms with Gasteiger partial charge in [0.15, 0.2) is 5.65 Å². The van der Waals surface area contributed by atoms with Gasteiger partial charge < -0.3 is 4.98 Å². The summed E-state index contributed by atoms with van der Waals surface area (Å²) in [6.07, 6.45) is 2.36. The molecule has 0 aliphatic heterocycles. The molecule has 0 saturated heterocycles. The van der Waals surface area contributed by atoms with Crippen molar-refractivity contribution in [3.8, 4) is 0 Å². The minimum atomic E-state index is 0.739. The minimum Gasteiger partial charge on any atom is -0.339 e. The van der Waals surface area contributed by atoms with E-state index in [1.54, 1.807) is 6.33 Å². The number of aromatic amines is 1. The highest BCUT2D eigenvalue weighted by molar-refractivity contribution is 5.73. The maximum atomic E-state index is 4.33. The van der Waals surface area contributed by atoms with Gasteiger partial charge in [0.05, 0.1) is 5.69 Å². The quantitative estimate of drug-likeness (QED) is 0.726. The highest BCUT2D eigenvalue weighted by Crippen LogP contribution is 2.15. The lowest BCUT2D eigenvalue weighted by Gasteiger charge is -2.01. The van der Waals surface area contributed by atoms with Crippen molar-refractivity contribution >= 4 is 11.2 Å². The Morgan fingerprint density at radius 3 is 2.76 bits per heavy atom. The van der Waals surface area contributed by atoms with E-state index in [4.69, 9.17) is 0 Å². The summed E-state index contributed by atoms with van der Waals surface area (Å²) in [6, 6.07) is 10.3. The molecule has 0 amide bonds. The van der Waals surface area contributed by atoms with E-state index in [-0.39, 0.29) is 0 Å². The van der Waals surface area contributed by atoms with Crippen molar-refractivity contribution in [2.24, 2.45) is 0 Å². The Morgan fingerprint density at radius 1 is 1.12 bits per heavy atom. The Labute approximate surface area is 98.8 Å². The molecule has 0 saturated carbocycles. The zero-order chi connectivity index (χ0) is 11.7. The molecule has 0 radical (unpaired) electrons. The molecule has 0 bridgehead atoms. The van der Waals surface area contributed by atoms with E-state index in [9.17, 15) is 0 Å². The molecule has 84 valence electrons. The van der Waals surface area contributed by atoms with Crippen LogP contribution in [0.15, 0.2) is 36.7 Å². The average molecular weight is 224 g/mol. The number of imidazole rings is 1. The van der Waals surface area contributed by atoms with Crippen LogP contribution in [0.1, 0.15) is 17.1 Å².